The van der Waals surface area contributed by atoms with Gasteiger partial charge in [-0.3, -0.25) is 9.59 Å². The molecule has 7 heteroatoms. The predicted octanol–water partition coefficient (Wildman–Crippen LogP) is 0.820. The van der Waals surface area contributed by atoms with Gasteiger partial charge in [-0.15, -0.1) is 0 Å². The number of carbonyl (C=O) groups excluding carboxylic acids is 3. The van der Waals surface area contributed by atoms with Crippen molar-refractivity contribution in [1.82, 2.24) is 5.32 Å². The molecule has 4 N–H and O–H groups in total. The number of esters is 1. The molecular formula is C16H23N3O4. The highest BCUT2D eigenvalue weighted by molar-refractivity contribution is 6.03. The van der Waals surface area contributed by atoms with E-state index in [0.29, 0.717) is 11.3 Å². The number of carbonyl (C=O) groups is 3. The summed E-state index contributed by atoms with van der Waals surface area (Å²) < 4.78 is 4.72. The Labute approximate surface area is 135 Å². The Morgan fingerprint density at radius 1 is 1.26 bits per heavy atom. The van der Waals surface area contributed by atoms with Gasteiger partial charge < -0.3 is 21.1 Å². The van der Waals surface area contributed by atoms with E-state index >= 15 is 0 Å². The number of nitrogens with one attached hydrogen (secondary N) is 2. The van der Waals surface area contributed by atoms with Crippen molar-refractivity contribution >= 4 is 23.5 Å². The molecule has 0 heterocycles. The maximum Gasteiger partial charge on any atom is 0.340 e. The Morgan fingerprint density at radius 3 is 2.48 bits per heavy atom. The molecule has 0 radical (unpaired) electrons. The molecule has 0 fully saturated rings. The number of benzene rings is 1. The summed E-state index contributed by atoms with van der Waals surface area (Å²) in [7, 11) is 1.27. The maximum absolute atomic E-state index is 12.0. The Balaban J connectivity index is 2.74. The summed E-state index contributed by atoms with van der Waals surface area (Å²) in [6, 6.07) is 4.38. The molecule has 126 valence electrons. The summed E-state index contributed by atoms with van der Waals surface area (Å²) in [5, 5.41) is 5.06. The van der Waals surface area contributed by atoms with Crippen LogP contribution in [0.2, 0.25) is 0 Å². The van der Waals surface area contributed by atoms with Crippen LogP contribution in [-0.4, -0.2) is 37.5 Å². The molecular weight excluding hydrogens is 298 g/mol. The summed E-state index contributed by atoms with van der Waals surface area (Å²) in [5.41, 5.74) is 7.00. The molecule has 1 rings (SSSR count). The van der Waals surface area contributed by atoms with Crippen molar-refractivity contribution in [2.75, 3.05) is 19.0 Å². The number of methoxy groups -OCH3 is 1. The smallest absolute Gasteiger partial charge is 0.340 e. The summed E-state index contributed by atoms with van der Waals surface area (Å²) in [6.07, 6.45) is 0. The molecule has 7 nitrogen and oxygen atoms in total. The van der Waals surface area contributed by atoms with Gasteiger partial charge in [0.1, 0.15) is 0 Å². The number of aryl methyl sites for hydroxylation is 1. The van der Waals surface area contributed by atoms with Crippen LogP contribution in [0.4, 0.5) is 5.69 Å². The van der Waals surface area contributed by atoms with E-state index in [1.165, 1.54) is 7.11 Å². The number of anilines is 1. The van der Waals surface area contributed by atoms with Crippen LogP contribution in [-0.2, 0) is 14.3 Å². The van der Waals surface area contributed by atoms with Crippen LogP contribution in [0.1, 0.15) is 29.8 Å². The standard InChI is InChI=1S/C16H23N3O4/c1-9(2)14(17)15(21)18-8-12(20)19-11-7-5-6-10(3)13(11)16(22)23-4/h5-7,9,14H,8,17H2,1-4H3,(H,18,21)(H,19,20)/t14-/m0/s1. The van der Waals surface area contributed by atoms with Gasteiger partial charge in [-0.25, -0.2) is 4.79 Å². The number of amides is 2. The summed E-state index contributed by atoms with van der Waals surface area (Å²) >= 11 is 0. The monoisotopic (exact) mass is 321 g/mol. The first-order valence-corrected chi connectivity index (χ1v) is 7.29. The topological polar surface area (TPSA) is 111 Å². The highest BCUT2D eigenvalue weighted by Crippen LogP contribution is 2.20. The van der Waals surface area contributed by atoms with Gasteiger partial charge in [-0.2, -0.15) is 0 Å². The quantitative estimate of drug-likeness (QED) is 0.672. The van der Waals surface area contributed by atoms with Crippen molar-refractivity contribution in [3.05, 3.63) is 29.3 Å². The van der Waals surface area contributed by atoms with E-state index in [1.807, 2.05) is 13.8 Å². The largest absolute Gasteiger partial charge is 0.465 e. The third-order valence-electron chi connectivity index (χ3n) is 3.38. The fraction of sp³-hybridized carbons (Fsp3) is 0.438. The van der Waals surface area contributed by atoms with Crippen molar-refractivity contribution in [2.45, 2.75) is 26.8 Å². The van der Waals surface area contributed by atoms with Crippen LogP contribution in [0, 0.1) is 12.8 Å². The normalized spacial score (nSPS) is 11.7. The van der Waals surface area contributed by atoms with Gasteiger partial charge in [0.15, 0.2) is 0 Å². The van der Waals surface area contributed by atoms with Gasteiger partial charge in [0.25, 0.3) is 0 Å². The predicted molar refractivity (Wildman–Crippen MR) is 87.0 cm³/mol. The third-order valence-corrected chi connectivity index (χ3v) is 3.38. The van der Waals surface area contributed by atoms with Gasteiger partial charge in [0, 0.05) is 0 Å². The van der Waals surface area contributed by atoms with E-state index in [2.05, 4.69) is 10.6 Å². The average molecular weight is 321 g/mol. The molecule has 0 spiro atoms. The number of nitrogens with two attached hydrogens (primary N) is 1. The van der Waals surface area contributed by atoms with Gasteiger partial charge in [0.2, 0.25) is 11.8 Å². The van der Waals surface area contributed by atoms with Crippen molar-refractivity contribution in [2.24, 2.45) is 11.7 Å². The second-order valence-electron chi connectivity index (χ2n) is 5.52. The third kappa shape index (κ3) is 5.07. The molecule has 0 aliphatic carbocycles. The second-order valence-corrected chi connectivity index (χ2v) is 5.52. The van der Waals surface area contributed by atoms with Crippen LogP contribution in [0.3, 0.4) is 0 Å². The lowest BCUT2D eigenvalue weighted by Crippen LogP contribution is -2.46. The number of hydrogen-bond donors (Lipinski definition) is 3. The lowest BCUT2D eigenvalue weighted by Gasteiger charge is -2.16. The van der Waals surface area contributed by atoms with Crippen molar-refractivity contribution in [1.29, 1.82) is 0 Å². The van der Waals surface area contributed by atoms with Gasteiger partial charge in [-0.1, -0.05) is 26.0 Å². The highest BCUT2D eigenvalue weighted by atomic mass is 16.5. The molecule has 1 atom stereocenters. The summed E-state index contributed by atoms with van der Waals surface area (Å²) in [5.74, 6) is -1.41. The first kappa shape index (κ1) is 18.6. The lowest BCUT2D eigenvalue weighted by atomic mass is 10.1. The fourth-order valence-electron chi connectivity index (χ4n) is 1.93. The van der Waals surface area contributed by atoms with Crippen molar-refractivity contribution < 1.29 is 19.1 Å². The van der Waals surface area contributed by atoms with Gasteiger partial charge in [0.05, 0.1) is 30.9 Å². The zero-order valence-corrected chi connectivity index (χ0v) is 13.8. The molecule has 0 saturated heterocycles. The molecule has 0 aliphatic rings. The zero-order chi connectivity index (χ0) is 17.6. The van der Waals surface area contributed by atoms with Crippen LogP contribution >= 0.6 is 0 Å². The zero-order valence-electron chi connectivity index (χ0n) is 13.8. The van der Waals surface area contributed by atoms with E-state index in [-0.39, 0.29) is 18.0 Å². The molecule has 0 aliphatic heterocycles. The van der Waals surface area contributed by atoms with E-state index in [9.17, 15) is 14.4 Å². The number of rotatable bonds is 6. The van der Waals surface area contributed by atoms with Crippen LogP contribution in [0.15, 0.2) is 18.2 Å². The molecule has 0 aromatic heterocycles. The molecule has 1 aromatic rings. The van der Waals surface area contributed by atoms with E-state index in [4.69, 9.17) is 10.5 Å². The minimum atomic E-state index is -0.674. The van der Waals surface area contributed by atoms with Crippen LogP contribution in [0.5, 0.6) is 0 Å². The lowest BCUT2D eigenvalue weighted by molar-refractivity contribution is -0.125. The minimum Gasteiger partial charge on any atom is -0.465 e. The van der Waals surface area contributed by atoms with Gasteiger partial charge in [-0.05, 0) is 24.5 Å². The van der Waals surface area contributed by atoms with E-state index in [0.717, 1.165) is 0 Å². The fourth-order valence-corrected chi connectivity index (χ4v) is 1.93. The summed E-state index contributed by atoms with van der Waals surface area (Å²) in [4.78, 5) is 35.5. The molecule has 0 bridgehead atoms. The second kappa shape index (κ2) is 8.28. The van der Waals surface area contributed by atoms with E-state index in [1.54, 1.807) is 25.1 Å². The van der Waals surface area contributed by atoms with Crippen molar-refractivity contribution in [3.8, 4) is 0 Å². The van der Waals surface area contributed by atoms with Crippen LogP contribution < -0.4 is 16.4 Å². The Bertz CT molecular complexity index is 599. The highest BCUT2D eigenvalue weighted by Gasteiger charge is 2.19. The van der Waals surface area contributed by atoms with Crippen LogP contribution in [0.25, 0.3) is 0 Å². The maximum atomic E-state index is 12.0. The molecule has 1 aromatic carbocycles. The Kier molecular flexibility index (Phi) is 6.71. The first-order chi connectivity index (χ1) is 10.8. The molecule has 0 unspecified atom stereocenters. The first-order valence-electron chi connectivity index (χ1n) is 7.29. The molecule has 0 saturated carbocycles. The molecule has 23 heavy (non-hydrogen) atoms. The van der Waals surface area contributed by atoms with Crippen molar-refractivity contribution in [3.63, 3.8) is 0 Å². The summed E-state index contributed by atoms with van der Waals surface area (Å²) in [6.45, 7) is 5.15. The number of hydrogen-bond acceptors (Lipinski definition) is 5. The Morgan fingerprint density at radius 2 is 1.91 bits per heavy atom. The molecule has 2 amide bonds. The minimum absolute atomic E-state index is 0.0271. The Hall–Kier alpha value is -2.41. The number of ether oxygens (including phenoxy) is 1. The van der Waals surface area contributed by atoms with E-state index < -0.39 is 23.8 Å². The SMILES string of the molecule is COC(=O)c1c(C)cccc1NC(=O)CNC(=O)[C@@H](N)C(C)C. The average Bonchev–Trinajstić information content (AvgIpc) is 2.51. The van der Waals surface area contributed by atoms with Gasteiger partial charge >= 0.3 is 5.97 Å².